The Morgan fingerprint density at radius 2 is 1.84 bits per heavy atom. The summed E-state index contributed by atoms with van der Waals surface area (Å²) in [5.74, 6) is -0.186. The fourth-order valence-electron chi connectivity index (χ4n) is 6.38. The summed E-state index contributed by atoms with van der Waals surface area (Å²) in [4.78, 5) is 29.4. The number of anilines is 1. The van der Waals surface area contributed by atoms with Crippen molar-refractivity contribution in [1.29, 1.82) is 0 Å². The van der Waals surface area contributed by atoms with Gasteiger partial charge in [0.1, 0.15) is 17.3 Å². The summed E-state index contributed by atoms with van der Waals surface area (Å²) in [5.41, 5.74) is 2.81. The highest BCUT2D eigenvalue weighted by Gasteiger charge is 2.47. The third-order valence-corrected chi connectivity index (χ3v) is 8.12. The van der Waals surface area contributed by atoms with Gasteiger partial charge in [-0.05, 0) is 61.8 Å². The number of fused-ring (bicyclic) bond motifs is 5. The fourth-order valence-corrected chi connectivity index (χ4v) is 6.38. The molecule has 4 aromatic heterocycles. The highest BCUT2D eigenvalue weighted by atomic mass is 19.1. The normalized spacial score (nSPS) is 23.1. The van der Waals surface area contributed by atoms with Crippen LogP contribution in [0.2, 0.25) is 0 Å². The molecule has 0 aliphatic heterocycles. The van der Waals surface area contributed by atoms with Crippen LogP contribution >= 0.6 is 0 Å². The van der Waals surface area contributed by atoms with Gasteiger partial charge in [-0.15, -0.1) is 0 Å². The first-order valence-corrected chi connectivity index (χ1v) is 12.6. The SMILES string of the molecule is O=C(O)C1C2CCC(CC2)C1Nc1nc(-c2c[nH]c3ncc(F)cc23)nc2c1ccn2-c1ccccc1. The fraction of sp³-hybridized carbons (Fsp3) is 0.286. The summed E-state index contributed by atoms with van der Waals surface area (Å²) in [6.45, 7) is 0. The predicted molar refractivity (Wildman–Crippen MR) is 138 cm³/mol. The minimum atomic E-state index is -0.752. The number of carboxylic acid groups (broad SMARTS) is 1. The zero-order valence-electron chi connectivity index (χ0n) is 19.9. The number of hydrogen-bond acceptors (Lipinski definition) is 5. The molecule has 8 rings (SSSR count). The van der Waals surface area contributed by atoms with Gasteiger partial charge in [0.25, 0.3) is 0 Å². The maximum absolute atomic E-state index is 14.1. The molecule has 0 spiro atoms. The Labute approximate surface area is 211 Å². The van der Waals surface area contributed by atoms with Crippen LogP contribution in [0.1, 0.15) is 25.7 Å². The van der Waals surface area contributed by atoms with Crippen molar-refractivity contribution < 1.29 is 14.3 Å². The topological polar surface area (TPSA) is 109 Å². The number of benzene rings is 1. The first-order chi connectivity index (χ1) is 18.1. The molecule has 4 heterocycles. The van der Waals surface area contributed by atoms with E-state index in [0.717, 1.165) is 36.8 Å². The second-order valence-electron chi connectivity index (χ2n) is 10.1. The van der Waals surface area contributed by atoms with E-state index >= 15 is 0 Å². The van der Waals surface area contributed by atoms with E-state index in [1.54, 1.807) is 6.20 Å². The van der Waals surface area contributed by atoms with Crippen molar-refractivity contribution in [3.05, 3.63) is 66.9 Å². The van der Waals surface area contributed by atoms with Crippen LogP contribution in [-0.2, 0) is 4.79 Å². The number of aliphatic carboxylic acids is 1. The average Bonchev–Trinajstić information content (AvgIpc) is 3.54. The van der Waals surface area contributed by atoms with Crippen LogP contribution in [0.3, 0.4) is 0 Å². The average molecular weight is 497 g/mol. The lowest BCUT2D eigenvalue weighted by Crippen LogP contribution is -2.51. The Hall–Kier alpha value is -4.27. The zero-order chi connectivity index (χ0) is 25.1. The Balaban J connectivity index is 1.41. The van der Waals surface area contributed by atoms with Crippen LogP contribution in [0.15, 0.2) is 61.1 Å². The number of hydrogen-bond donors (Lipinski definition) is 3. The van der Waals surface area contributed by atoms with Crippen molar-refractivity contribution in [2.24, 2.45) is 17.8 Å². The maximum atomic E-state index is 14.1. The molecule has 3 saturated carbocycles. The molecular weight excluding hydrogens is 471 g/mol. The smallest absolute Gasteiger partial charge is 0.308 e. The third kappa shape index (κ3) is 3.56. The van der Waals surface area contributed by atoms with E-state index in [0.29, 0.717) is 33.9 Å². The molecule has 0 saturated heterocycles. The van der Waals surface area contributed by atoms with E-state index in [1.165, 1.54) is 12.3 Å². The number of pyridine rings is 1. The highest BCUT2D eigenvalue weighted by Crippen LogP contribution is 2.47. The van der Waals surface area contributed by atoms with E-state index < -0.39 is 17.7 Å². The lowest BCUT2D eigenvalue weighted by atomic mass is 9.61. The van der Waals surface area contributed by atoms with Gasteiger partial charge in [-0.1, -0.05) is 18.2 Å². The van der Waals surface area contributed by atoms with Gasteiger partial charge in [0.15, 0.2) is 11.5 Å². The molecule has 8 nitrogen and oxygen atoms in total. The van der Waals surface area contributed by atoms with Crippen molar-refractivity contribution >= 4 is 33.9 Å². The van der Waals surface area contributed by atoms with Crippen molar-refractivity contribution in [2.75, 3.05) is 5.32 Å². The molecule has 3 aliphatic rings. The molecule has 2 atom stereocenters. The summed E-state index contributed by atoms with van der Waals surface area (Å²) in [6, 6.07) is 13.1. The van der Waals surface area contributed by atoms with Gasteiger partial charge in [-0.25, -0.2) is 19.3 Å². The number of nitrogens with one attached hydrogen (secondary N) is 2. The van der Waals surface area contributed by atoms with Crippen LogP contribution in [-0.4, -0.2) is 41.6 Å². The van der Waals surface area contributed by atoms with Crippen molar-refractivity contribution in [1.82, 2.24) is 24.5 Å². The van der Waals surface area contributed by atoms with Gasteiger partial charge < -0.3 is 20.0 Å². The Bertz CT molecular complexity index is 1640. The summed E-state index contributed by atoms with van der Waals surface area (Å²) < 4.78 is 16.1. The molecule has 3 aliphatic carbocycles. The minimum absolute atomic E-state index is 0.174. The van der Waals surface area contributed by atoms with E-state index in [4.69, 9.17) is 9.97 Å². The molecule has 186 valence electrons. The molecular formula is C28H25FN6O2. The minimum Gasteiger partial charge on any atom is -0.481 e. The van der Waals surface area contributed by atoms with E-state index in [-0.39, 0.29) is 17.9 Å². The third-order valence-electron chi connectivity index (χ3n) is 8.12. The lowest BCUT2D eigenvalue weighted by Gasteiger charge is -2.47. The number of aromatic nitrogens is 5. The first kappa shape index (κ1) is 22.0. The molecule has 2 unspecified atom stereocenters. The van der Waals surface area contributed by atoms with Gasteiger partial charge in [-0.2, -0.15) is 0 Å². The van der Waals surface area contributed by atoms with Crippen LogP contribution in [0.25, 0.3) is 39.1 Å². The van der Waals surface area contributed by atoms with E-state index in [2.05, 4.69) is 15.3 Å². The van der Waals surface area contributed by atoms with Crippen LogP contribution < -0.4 is 5.32 Å². The molecule has 0 radical (unpaired) electrons. The molecule has 5 aromatic rings. The summed E-state index contributed by atoms with van der Waals surface area (Å²) in [5, 5.41) is 15.1. The quantitative estimate of drug-likeness (QED) is 0.300. The summed E-state index contributed by atoms with van der Waals surface area (Å²) >= 11 is 0. The predicted octanol–water partition coefficient (Wildman–Crippen LogP) is 5.40. The molecule has 1 aromatic carbocycles. The lowest BCUT2D eigenvalue weighted by molar-refractivity contribution is -0.148. The number of aromatic amines is 1. The molecule has 3 N–H and O–H groups in total. The number of nitrogens with zero attached hydrogens (tertiary/aromatic N) is 4. The Morgan fingerprint density at radius 1 is 1.05 bits per heavy atom. The summed E-state index contributed by atoms with van der Waals surface area (Å²) in [7, 11) is 0. The number of para-hydroxylation sites is 1. The number of halogens is 1. The van der Waals surface area contributed by atoms with Crippen molar-refractivity contribution in [3.63, 3.8) is 0 Å². The second kappa shape index (κ2) is 8.40. The zero-order valence-corrected chi connectivity index (χ0v) is 19.9. The molecule has 0 amide bonds. The monoisotopic (exact) mass is 496 g/mol. The van der Waals surface area contributed by atoms with E-state index in [1.807, 2.05) is 47.2 Å². The highest BCUT2D eigenvalue weighted by molar-refractivity contribution is 5.95. The Morgan fingerprint density at radius 3 is 2.62 bits per heavy atom. The number of carboxylic acids is 1. The number of carbonyl (C=O) groups is 1. The van der Waals surface area contributed by atoms with Gasteiger partial charge in [0.05, 0.1) is 17.5 Å². The second-order valence-corrected chi connectivity index (χ2v) is 10.1. The van der Waals surface area contributed by atoms with Gasteiger partial charge >= 0.3 is 5.97 Å². The number of H-pyrrole nitrogens is 1. The van der Waals surface area contributed by atoms with E-state index in [9.17, 15) is 14.3 Å². The summed E-state index contributed by atoms with van der Waals surface area (Å²) in [6.07, 6.45) is 8.81. The van der Waals surface area contributed by atoms with Gasteiger partial charge in [0, 0.05) is 35.1 Å². The molecule has 2 bridgehead atoms. The van der Waals surface area contributed by atoms with Crippen LogP contribution in [0.5, 0.6) is 0 Å². The maximum Gasteiger partial charge on any atom is 0.308 e. The molecule has 37 heavy (non-hydrogen) atoms. The van der Waals surface area contributed by atoms with Gasteiger partial charge in [-0.3, -0.25) is 4.79 Å². The molecule has 9 heteroatoms. The van der Waals surface area contributed by atoms with Crippen molar-refractivity contribution in [2.45, 2.75) is 31.7 Å². The Kier molecular flexibility index (Phi) is 4.99. The van der Waals surface area contributed by atoms with Crippen molar-refractivity contribution in [3.8, 4) is 17.1 Å². The first-order valence-electron chi connectivity index (χ1n) is 12.6. The number of rotatable bonds is 5. The van der Waals surface area contributed by atoms with Gasteiger partial charge in [0.2, 0.25) is 0 Å². The van der Waals surface area contributed by atoms with Crippen LogP contribution in [0.4, 0.5) is 10.2 Å². The standard InChI is InChI=1S/C28H25FN6O2/c29-17-12-20-21(14-31-24(20)30-13-17)26-33-25(32-23-16-8-6-15(7-9-16)22(23)28(36)37)19-10-11-35(27(19)34-26)18-4-2-1-3-5-18/h1-5,10-16,22-23H,6-9H2,(H,30,31)(H,36,37)(H,32,33,34). The largest absolute Gasteiger partial charge is 0.481 e. The van der Waals surface area contributed by atoms with Crippen LogP contribution in [0, 0.1) is 23.6 Å². The molecule has 3 fully saturated rings.